The first-order valence-electron chi connectivity index (χ1n) is 6.56. The SMILES string of the molecule is C/C(=N\Nc1nc2c(C)cccc2s1)c1cccc(Cl)c1. The first-order valence-corrected chi connectivity index (χ1v) is 7.75. The van der Waals surface area contributed by atoms with E-state index in [9.17, 15) is 0 Å². The lowest BCUT2D eigenvalue weighted by atomic mass is 10.1. The van der Waals surface area contributed by atoms with E-state index < -0.39 is 0 Å². The summed E-state index contributed by atoms with van der Waals surface area (Å²) in [4.78, 5) is 4.57. The van der Waals surface area contributed by atoms with Gasteiger partial charge >= 0.3 is 0 Å². The average molecular weight is 316 g/mol. The summed E-state index contributed by atoms with van der Waals surface area (Å²) in [5.74, 6) is 0. The molecule has 3 nitrogen and oxygen atoms in total. The van der Waals surface area contributed by atoms with Gasteiger partial charge in [0.25, 0.3) is 0 Å². The van der Waals surface area contributed by atoms with Crippen LogP contribution >= 0.6 is 22.9 Å². The van der Waals surface area contributed by atoms with E-state index in [0.717, 1.165) is 26.6 Å². The van der Waals surface area contributed by atoms with Crippen LogP contribution in [0.25, 0.3) is 10.2 Å². The molecule has 0 amide bonds. The number of rotatable bonds is 3. The van der Waals surface area contributed by atoms with Crippen molar-refractivity contribution < 1.29 is 0 Å². The molecule has 0 aliphatic rings. The summed E-state index contributed by atoms with van der Waals surface area (Å²) in [7, 11) is 0. The molecule has 106 valence electrons. The summed E-state index contributed by atoms with van der Waals surface area (Å²) in [6.45, 7) is 4.00. The molecule has 0 spiro atoms. The van der Waals surface area contributed by atoms with E-state index in [-0.39, 0.29) is 0 Å². The number of nitrogens with zero attached hydrogens (tertiary/aromatic N) is 2. The van der Waals surface area contributed by atoms with Crippen LogP contribution < -0.4 is 5.43 Å². The highest BCUT2D eigenvalue weighted by atomic mass is 35.5. The third-order valence-electron chi connectivity index (χ3n) is 3.18. The molecule has 0 saturated heterocycles. The molecule has 0 unspecified atom stereocenters. The van der Waals surface area contributed by atoms with E-state index in [1.54, 1.807) is 11.3 Å². The number of nitrogens with one attached hydrogen (secondary N) is 1. The third kappa shape index (κ3) is 3.06. The molecule has 1 N–H and O–H groups in total. The zero-order valence-corrected chi connectivity index (χ0v) is 13.3. The second-order valence-corrected chi connectivity index (χ2v) is 6.23. The number of anilines is 1. The number of aryl methyl sites for hydroxylation is 1. The average Bonchev–Trinajstić information content (AvgIpc) is 2.89. The van der Waals surface area contributed by atoms with Crippen molar-refractivity contribution >= 4 is 44.0 Å². The number of hydrogen-bond acceptors (Lipinski definition) is 4. The number of para-hydroxylation sites is 1. The predicted octanol–water partition coefficient (Wildman–Crippen LogP) is 5.09. The quantitative estimate of drug-likeness (QED) is 0.539. The molecule has 0 saturated carbocycles. The van der Waals surface area contributed by atoms with Gasteiger partial charge in [0, 0.05) is 5.02 Å². The minimum absolute atomic E-state index is 0.706. The smallest absolute Gasteiger partial charge is 0.204 e. The highest BCUT2D eigenvalue weighted by molar-refractivity contribution is 7.22. The van der Waals surface area contributed by atoms with Gasteiger partial charge < -0.3 is 0 Å². The molecular weight excluding hydrogens is 302 g/mol. The van der Waals surface area contributed by atoms with Gasteiger partial charge in [-0.05, 0) is 43.2 Å². The Labute approximate surface area is 132 Å². The predicted molar refractivity (Wildman–Crippen MR) is 91.6 cm³/mol. The Morgan fingerprint density at radius 3 is 2.81 bits per heavy atom. The van der Waals surface area contributed by atoms with Crippen LogP contribution in [0.5, 0.6) is 0 Å². The van der Waals surface area contributed by atoms with Gasteiger partial charge in [0.05, 0.1) is 15.9 Å². The van der Waals surface area contributed by atoms with E-state index in [2.05, 4.69) is 34.6 Å². The van der Waals surface area contributed by atoms with Gasteiger partial charge in [0.15, 0.2) is 0 Å². The monoisotopic (exact) mass is 315 g/mol. The second kappa shape index (κ2) is 5.84. The zero-order chi connectivity index (χ0) is 14.8. The molecule has 2 aromatic carbocycles. The molecule has 0 aliphatic heterocycles. The van der Waals surface area contributed by atoms with E-state index in [0.29, 0.717) is 5.02 Å². The summed E-state index contributed by atoms with van der Waals surface area (Å²) >= 11 is 7.59. The van der Waals surface area contributed by atoms with Crippen molar-refractivity contribution in [3.05, 3.63) is 58.6 Å². The zero-order valence-electron chi connectivity index (χ0n) is 11.7. The Hall–Kier alpha value is -1.91. The fraction of sp³-hybridized carbons (Fsp3) is 0.125. The maximum absolute atomic E-state index is 5.99. The van der Waals surface area contributed by atoms with E-state index >= 15 is 0 Å². The Morgan fingerprint density at radius 2 is 2.05 bits per heavy atom. The Kier molecular flexibility index (Phi) is 3.90. The molecule has 0 bridgehead atoms. The van der Waals surface area contributed by atoms with Crippen molar-refractivity contribution in [1.82, 2.24) is 4.98 Å². The maximum Gasteiger partial charge on any atom is 0.204 e. The van der Waals surface area contributed by atoms with Gasteiger partial charge in [-0.2, -0.15) is 5.10 Å². The highest BCUT2D eigenvalue weighted by Crippen LogP contribution is 2.27. The van der Waals surface area contributed by atoms with Gasteiger partial charge in [0.1, 0.15) is 0 Å². The summed E-state index contributed by atoms with van der Waals surface area (Å²) in [5.41, 5.74) is 7.09. The molecule has 0 radical (unpaired) electrons. The number of hydrazone groups is 1. The fourth-order valence-corrected chi connectivity index (χ4v) is 3.12. The molecule has 5 heteroatoms. The van der Waals surface area contributed by atoms with Crippen LogP contribution in [0.2, 0.25) is 5.02 Å². The van der Waals surface area contributed by atoms with Crippen LogP contribution in [0.3, 0.4) is 0 Å². The maximum atomic E-state index is 5.99. The lowest BCUT2D eigenvalue weighted by Crippen LogP contribution is -1.99. The summed E-state index contributed by atoms with van der Waals surface area (Å²) in [6, 6.07) is 13.8. The number of benzene rings is 2. The van der Waals surface area contributed by atoms with E-state index in [4.69, 9.17) is 11.6 Å². The largest absolute Gasteiger partial charge is 0.252 e. The summed E-state index contributed by atoms with van der Waals surface area (Å²) in [6.07, 6.45) is 0. The van der Waals surface area contributed by atoms with Crippen LogP contribution in [-0.4, -0.2) is 10.7 Å². The van der Waals surface area contributed by atoms with Gasteiger partial charge in [-0.1, -0.05) is 47.2 Å². The van der Waals surface area contributed by atoms with Crippen LogP contribution in [0.4, 0.5) is 5.13 Å². The van der Waals surface area contributed by atoms with Crippen LogP contribution in [0.1, 0.15) is 18.1 Å². The van der Waals surface area contributed by atoms with E-state index in [1.807, 2.05) is 37.3 Å². The van der Waals surface area contributed by atoms with Crippen molar-refractivity contribution in [1.29, 1.82) is 0 Å². The molecule has 0 fully saturated rings. The van der Waals surface area contributed by atoms with Gasteiger partial charge in [-0.3, -0.25) is 5.43 Å². The summed E-state index contributed by atoms with van der Waals surface area (Å²) < 4.78 is 1.16. The minimum atomic E-state index is 0.706. The van der Waals surface area contributed by atoms with Crippen molar-refractivity contribution in [2.75, 3.05) is 5.43 Å². The van der Waals surface area contributed by atoms with Crippen molar-refractivity contribution in [3.63, 3.8) is 0 Å². The molecule has 0 aliphatic carbocycles. The lowest BCUT2D eigenvalue weighted by Gasteiger charge is -2.01. The van der Waals surface area contributed by atoms with Crippen molar-refractivity contribution in [3.8, 4) is 0 Å². The first-order chi connectivity index (χ1) is 10.1. The number of halogens is 1. The Bertz CT molecular complexity index is 823. The molecule has 3 aromatic rings. The minimum Gasteiger partial charge on any atom is -0.252 e. The Balaban J connectivity index is 1.85. The molecule has 1 aromatic heterocycles. The molecule has 1 heterocycles. The molecule has 0 atom stereocenters. The summed E-state index contributed by atoms with van der Waals surface area (Å²) in [5, 5.41) is 5.89. The van der Waals surface area contributed by atoms with E-state index in [1.165, 1.54) is 5.56 Å². The number of thiazole rings is 1. The van der Waals surface area contributed by atoms with Crippen molar-refractivity contribution in [2.45, 2.75) is 13.8 Å². The fourth-order valence-electron chi connectivity index (χ4n) is 2.04. The highest BCUT2D eigenvalue weighted by Gasteiger charge is 2.05. The van der Waals surface area contributed by atoms with Crippen molar-refractivity contribution in [2.24, 2.45) is 5.10 Å². The molecular formula is C16H14ClN3S. The number of fused-ring (bicyclic) bond motifs is 1. The van der Waals surface area contributed by atoms with Crippen LogP contribution in [0, 0.1) is 6.92 Å². The normalized spacial score (nSPS) is 11.9. The van der Waals surface area contributed by atoms with Gasteiger partial charge in [0.2, 0.25) is 5.13 Å². The van der Waals surface area contributed by atoms with Gasteiger partial charge in [-0.15, -0.1) is 0 Å². The number of hydrogen-bond donors (Lipinski definition) is 1. The molecule has 3 rings (SSSR count). The number of aromatic nitrogens is 1. The van der Waals surface area contributed by atoms with Gasteiger partial charge in [-0.25, -0.2) is 4.98 Å². The third-order valence-corrected chi connectivity index (χ3v) is 4.34. The second-order valence-electron chi connectivity index (χ2n) is 4.76. The van der Waals surface area contributed by atoms with Crippen LogP contribution in [-0.2, 0) is 0 Å². The Morgan fingerprint density at radius 1 is 1.24 bits per heavy atom. The lowest BCUT2D eigenvalue weighted by molar-refractivity contribution is 1.28. The first kappa shape index (κ1) is 14.0. The molecule has 21 heavy (non-hydrogen) atoms. The van der Waals surface area contributed by atoms with Crippen LogP contribution in [0.15, 0.2) is 47.6 Å². The topological polar surface area (TPSA) is 37.3 Å². The standard InChI is InChI=1S/C16H14ClN3S/c1-10-5-3-8-14-15(10)18-16(21-14)20-19-11(2)12-6-4-7-13(17)9-12/h3-9H,1-2H3,(H,18,20)/b19-11+.